The quantitative estimate of drug-likeness (QED) is 0.797. The van der Waals surface area contributed by atoms with Crippen LogP contribution in [0.2, 0.25) is 0 Å². The molecule has 0 bridgehead atoms. The van der Waals surface area contributed by atoms with Crippen LogP contribution >= 0.6 is 0 Å². The molecule has 0 saturated carbocycles. The molecule has 1 aromatic heterocycles. The van der Waals surface area contributed by atoms with E-state index < -0.39 is 0 Å². The summed E-state index contributed by atoms with van der Waals surface area (Å²) in [5.74, 6) is 1.47. The van der Waals surface area contributed by atoms with Gasteiger partial charge >= 0.3 is 0 Å². The molecule has 0 fully saturated rings. The highest BCUT2D eigenvalue weighted by atomic mass is 16.5. The zero-order chi connectivity index (χ0) is 16.5. The van der Waals surface area contributed by atoms with E-state index in [1.807, 2.05) is 61.5 Å². The van der Waals surface area contributed by atoms with E-state index >= 15 is 0 Å². The van der Waals surface area contributed by atoms with Crippen LogP contribution in [-0.2, 0) is 11.2 Å². The molecule has 4 nitrogen and oxygen atoms in total. The fourth-order valence-electron chi connectivity index (χ4n) is 3.11. The van der Waals surface area contributed by atoms with Crippen molar-refractivity contribution in [3.05, 3.63) is 65.9 Å². The third kappa shape index (κ3) is 2.75. The monoisotopic (exact) mass is 321 g/mol. The van der Waals surface area contributed by atoms with Gasteiger partial charge in [-0.3, -0.25) is 4.79 Å². The Hall–Kier alpha value is -2.75. The van der Waals surface area contributed by atoms with Crippen LogP contribution in [0.3, 0.4) is 0 Å². The first-order valence-corrected chi connectivity index (χ1v) is 8.20. The number of benzene rings is 2. The molecule has 1 aliphatic rings. The lowest BCUT2D eigenvalue weighted by Gasteiger charge is -2.25. The van der Waals surface area contributed by atoms with Crippen LogP contribution in [0.15, 0.2) is 59.0 Å². The summed E-state index contributed by atoms with van der Waals surface area (Å²) >= 11 is 0. The first-order valence-electron chi connectivity index (χ1n) is 8.20. The number of hydrogen-bond donors (Lipinski definition) is 1. The van der Waals surface area contributed by atoms with Gasteiger partial charge in [-0.15, -0.1) is 0 Å². The summed E-state index contributed by atoms with van der Waals surface area (Å²) in [6.45, 7) is 2.35. The molecule has 1 N–H and O–H groups in total. The van der Waals surface area contributed by atoms with E-state index in [9.17, 15) is 4.79 Å². The summed E-state index contributed by atoms with van der Waals surface area (Å²) in [6.07, 6.45) is 0.703. The Bertz CT molecular complexity index is 850. The lowest BCUT2D eigenvalue weighted by Crippen LogP contribution is -2.38. The van der Waals surface area contributed by atoms with Gasteiger partial charge in [-0.25, -0.2) is 0 Å². The summed E-state index contributed by atoms with van der Waals surface area (Å²) in [5.41, 5.74) is 1.92. The zero-order valence-corrected chi connectivity index (χ0v) is 13.5. The molecule has 2 atom stereocenters. The molecule has 2 unspecified atom stereocenters. The largest absolute Gasteiger partial charge is 0.492 e. The molecular weight excluding hydrogens is 302 g/mol. The Labute approximate surface area is 140 Å². The van der Waals surface area contributed by atoms with Crippen LogP contribution in [0.5, 0.6) is 5.75 Å². The SMILES string of the molecule is CC(NC(=O)C1COc2ccccc2C1)c1cc2ccccc2o1. The van der Waals surface area contributed by atoms with Crippen molar-refractivity contribution < 1.29 is 13.9 Å². The smallest absolute Gasteiger partial charge is 0.227 e. The van der Waals surface area contributed by atoms with Gasteiger partial charge in [0.1, 0.15) is 23.7 Å². The van der Waals surface area contributed by atoms with E-state index in [1.54, 1.807) is 0 Å². The van der Waals surface area contributed by atoms with Crippen LogP contribution in [0.1, 0.15) is 24.3 Å². The molecule has 122 valence electrons. The highest BCUT2D eigenvalue weighted by molar-refractivity contribution is 5.81. The van der Waals surface area contributed by atoms with E-state index in [0.29, 0.717) is 13.0 Å². The summed E-state index contributed by atoms with van der Waals surface area (Å²) in [7, 11) is 0. The average molecular weight is 321 g/mol. The van der Waals surface area contributed by atoms with Crippen molar-refractivity contribution in [1.29, 1.82) is 0 Å². The molecule has 2 aromatic carbocycles. The van der Waals surface area contributed by atoms with Crippen LogP contribution in [0, 0.1) is 5.92 Å². The normalized spacial score (nSPS) is 17.8. The Morgan fingerprint density at radius 3 is 2.83 bits per heavy atom. The standard InChI is InChI=1S/C20H19NO3/c1-13(19-11-15-7-3-5-9-18(15)24-19)21-20(22)16-10-14-6-2-4-8-17(14)23-12-16/h2-9,11,13,16H,10,12H2,1H3,(H,21,22). The van der Waals surface area contributed by atoms with Crippen molar-refractivity contribution in [3.8, 4) is 5.75 Å². The van der Waals surface area contributed by atoms with E-state index in [2.05, 4.69) is 5.32 Å². The number of rotatable bonds is 3. The van der Waals surface area contributed by atoms with Gasteiger partial charge in [-0.2, -0.15) is 0 Å². The fourth-order valence-corrected chi connectivity index (χ4v) is 3.11. The van der Waals surface area contributed by atoms with Crippen LogP contribution in [0.4, 0.5) is 0 Å². The van der Waals surface area contributed by atoms with Crippen molar-refractivity contribution in [2.24, 2.45) is 5.92 Å². The number of para-hydroxylation sites is 2. The van der Waals surface area contributed by atoms with Crippen molar-refractivity contribution >= 4 is 16.9 Å². The number of furan rings is 1. The fraction of sp³-hybridized carbons (Fsp3) is 0.250. The minimum atomic E-state index is -0.179. The number of ether oxygens (including phenoxy) is 1. The molecule has 1 amide bonds. The van der Waals surface area contributed by atoms with Gasteiger partial charge < -0.3 is 14.5 Å². The highest BCUT2D eigenvalue weighted by Crippen LogP contribution is 2.28. The Balaban J connectivity index is 1.46. The van der Waals surface area contributed by atoms with Gasteiger partial charge in [-0.1, -0.05) is 36.4 Å². The van der Waals surface area contributed by atoms with E-state index in [0.717, 1.165) is 28.0 Å². The van der Waals surface area contributed by atoms with Crippen molar-refractivity contribution in [3.63, 3.8) is 0 Å². The molecule has 4 rings (SSSR count). The Morgan fingerprint density at radius 1 is 1.17 bits per heavy atom. The van der Waals surface area contributed by atoms with Crippen molar-refractivity contribution in [2.75, 3.05) is 6.61 Å². The van der Waals surface area contributed by atoms with Crippen molar-refractivity contribution in [2.45, 2.75) is 19.4 Å². The molecular formula is C20H19NO3. The van der Waals surface area contributed by atoms with Crippen LogP contribution in [-0.4, -0.2) is 12.5 Å². The molecule has 0 radical (unpaired) electrons. The van der Waals surface area contributed by atoms with E-state index in [4.69, 9.17) is 9.15 Å². The van der Waals surface area contributed by atoms with Crippen molar-refractivity contribution in [1.82, 2.24) is 5.32 Å². The molecule has 1 aliphatic heterocycles. The zero-order valence-electron chi connectivity index (χ0n) is 13.5. The average Bonchev–Trinajstić information content (AvgIpc) is 3.05. The molecule has 4 heteroatoms. The van der Waals surface area contributed by atoms with Gasteiger partial charge in [0.2, 0.25) is 5.91 Å². The van der Waals surface area contributed by atoms with Gasteiger partial charge in [0, 0.05) is 5.39 Å². The number of fused-ring (bicyclic) bond motifs is 2. The Kier molecular flexibility index (Phi) is 3.73. The minimum Gasteiger partial charge on any atom is -0.492 e. The number of carbonyl (C=O) groups is 1. The molecule has 0 aliphatic carbocycles. The van der Waals surface area contributed by atoms with E-state index in [-0.39, 0.29) is 17.9 Å². The van der Waals surface area contributed by atoms with E-state index in [1.165, 1.54) is 0 Å². The third-order valence-corrected chi connectivity index (χ3v) is 4.48. The second-order valence-electron chi connectivity index (χ2n) is 6.24. The van der Waals surface area contributed by atoms with Gasteiger partial charge in [0.15, 0.2) is 0 Å². The topological polar surface area (TPSA) is 51.5 Å². The summed E-state index contributed by atoms with van der Waals surface area (Å²) < 4.78 is 11.5. The van der Waals surface area contributed by atoms with Gasteiger partial charge in [0.25, 0.3) is 0 Å². The third-order valence-electron chi connectivity index (χ3n) is 4.48. The second kappa shape index (κ2) is 6.04. The van der Waals surface area contributed by atoms with Gasteiger partial charge in [-0.05, 0) is 37.1 Å². The second-order valence-corrected chi connectivity index (χ2v) is 6.24. The predicted octanol–water partition coefficient (Wildman–Crippen LogP) is 3.86. The number of nitrogens with one attached hydrogen (secondary N) is 1. The maximum Gasteiger partial charge on any atom is 0.227 e. The highest BCUT2D eigenvalue weighted by Gasteiger charge is 2.27. The Morgan fingerprint density at radius 2 is 1.96 bits per heavy atom. The molecule has 24 heavy (non-hydrogen) atoms. The molecule has 0 spiro atoms. The minimum absolute atomic E-state index is 0.00235. The van der Waals surface area contributed by atoms with Crippen LogP contribution < -0.4 is 10.1 Å². The predicted molar refractivity (Wildman–Crippen MR) is 91.9 cm³/mol. The lowest BCUT2D eigenvalue weighted by atomic mass is 9.96. The first kappa shape index (κ1) is 14.8. The summed E-state index contributed by atoms with van der Waals surface area (Å²) in [6, 6.07) is 17.5. The maximum absolute atomic E-state index is 12.6. The molecule has 3 aromatic rings. The van der Waals surface area contributed by atoms with Crippen LogP contribution in [0.25, 0.3) is 11.0 Å². The number of carbonyl (C=O) groups excluding carboxylic acids is 1. The summed E-state index contributed by atoms with van der Waals surface area (Å²) in [5, 5.41) is 4.09. The lowest BCUT2D eigenvalue weighted by molar-refractivity contribution is -0.127. The number of amides is 1. The summed E-state index contributed by atoms with van der Waals surface area (Å²) in [4.78, 5) is 12.6. The number of hydrogen-bond acceptors (Lipinski definition) is 3. The maximum atomic E-state index is 12.6. The molecule has 0 saturated heterocycles. The molecule has 2 heterocycles. The van der Waals surface area contributed by atoms with Gasteiger partial charge in [0.05, 0.1) is 12.0 Å². The first-order chi connectivity index (χ1) is 11.7.